The van der Waals surface area contributed by atoms with Gasteiger partial charge in [-0.2, -0.15) is 0 Å². The largest absolute Gasteiger partial charge is 1.00 e. The van der Waals surface area contributed by atoms with Crippen molar-refractivity contribution in [3.63, 3.8) is 0 Å². The van der Waals surface area contributed by atoms with Crippen LogP contribution in [-0.4, -0.2) is 0 Å². The van der Waals surface area contributed by atoms with Crippen LogP contribution in [0.4, 0.5) is 0 Å². The summed E-state index contributed by atoms with van der Waals surface area (Å²) in [5.41, 5.74) is 5.75. The van der Waals surface area contributed by atoms with Crippen LogP contribution in [0.5, 0.6) is 0 Å². The van der Waals surface area contributed by atoms with Crippen LogP contribution in [0.15, 0.2) is 0 Å². The van der Waals surface area contributed by atoms with Gasteiger partial charge in [-0.05, 0) is 0 Å². The molecule has 0 aromatic heterocycles. The molecule has 0 heterocycles. The smallest absolute Gasteiger partial charge is 0.577 e. The van der Waals surface area contributed by atoms with Gasteiger partial charge in [-0.1, -0.05) is 0 Å². The summed E-state index contributed by atoms with van der Waals surface area (Å²) in [5.74, 6) is 0. The fourth-order valence-electron chi connectivity index (χ4n) is 0. The topological polar surface area (TPSA) is 158 Å². The molecule has 0 N–H and O–H groups in total. The zero-order chi connectivity index (χ0) is 12.0. The molecule has 0 bridgehead atoms. The Morgan fingerprint density at radius 1 is 0.533 bits per heavy atom. The minimum Gasteiger partial charge on any atom is -0.577 e. The van der Waals surface area contributed by atoms with Crippen molar-refractivity contribution in [1.29, 1.82) is 26.3 Å². The van der Waals surface area contributed by atoms with E-state index < -0.39 is 0 Å². The third kappa shape index (κ3) is 9800. The quantitative estimate of drug-likeness (QED) is 0.399. The predicted molar refractivity (Wildman–Crippen MR) is 40.1 cm³/mol. The monoisotopic (exact) mass is 267 g/mol. The molecule has 70 valence electrons. The Morgan fingerprint density at radius 2 is 0.533 bits per heavy atom. The number of nitrogens with zero attached hydrogens (tertiary/aromatic N) is 6. The summed E-state index contributed by atoms with van der Waals surface area (Å²) >= 11 is 0. The molecule has 0 aliphatic heterocycles. The van der Waals surface area contributed by atoms with Gasteiger partial charge in [0.15, 0.2) is 0 Å². The molecule has 0 spiro atoms. The van der Waals surface area contributed by atoms with Crippen LogP contribution in [0, 0.1) is 64.1 Å². The third-order valence-electron chi connectivity index (χ3n) is 0. The van der Waals surface area contributed by atoms with E-state index in [4.69, 9.17) is 36.8 Å². The summed E-state index contributed by atoms with van der Waals surface area (Å²) in [5, 5.41) is 32.5. The van der Waals surface area contributed by atoms with E-state index in [1.807, 2.05) is 0 Å². The van der Waals surface area contributed by atoms with Gasteiger partial charge in [0.25, 0.3) is 0 Å². The molecule has 7 nitrogen and oxygen atoms in total. The average Bonchev–Trinajstić information content (AvgIpc) is 2.33. The summed E-state index contributed by atoms with van der Waals surface area (Å²) in [6.07, 6.45) is 0. The van der Waals surface area contributed by atoms with Crippen LogP contribution in [-0.2, 0) is 17.1 Å². The summed E-state index contributed by atoms with van der Waals surface area (Å²) in [7, 11) is 0. The zero-order valence-corrected chi connectivity index (χ0v) is 13.4. The number of rotatable bonds is 0. The van der Waals surface area contributed by atoms with Crippen molar-refractivity contribution in [2.75, 3.05) is 0 Å². The van der Waals surface area contributed by atoms with E-state index in [0.29, 0.717) is 0 Å². The molecule has 0 aliphatic rings. The SMILES string of the molecule is C#N.C#N.C#N.C#N.C#N.[Fe].[N-]=O.[Na+].[Na+]. The van der Waals surface area contributed by atoms with Gasteiger partial charge < -0.3 is 10.5 Å². The standard InChI is InChI=1S/5CHN.Fe.NO.2Na/c5*1-2;;1-2;;/h5*1H;;;;/q;;;;;;-1;2*+1. The second kappa shape index (κ2) is 11600. The summed E-state index contributed by atoms with van der Waals surface area (Å²) in [6, 6.07) is 0. The minimum absolute atomic E-state index is 0. The summed E-state index contributed by atoms with van der Waals surface area (Å²) in [4.78, 5) is 7.25. The molecule has 0 aromatic carbocycles. The van der Waals surface area contributed by atoms with Crippen molar-refractivity contribution in [3.8, 4) is 32.9 Å². The fraction of sp³-hybridized carbons (Fsp3) is 0. The molecule has 0 radical (unpaired) electrons. The number of nitroso groups, excluding NO2 is 1. The van der Waals surface area contributed by atoms with Gasteiger partial charge in [-0.3, -0.25) is 0 Å². The molecule has 0 atom stereocenters. The van der Waals surface area contributed by atoms with Crippen LogP contribution in [0.3, 0.4) is 0 Å². The van der Waals surface area contributed by atoms with Crippen LogP contribution < -0.4 is 59.1 Å². The Balaban J connectivity index is -0.00000000396. The van der Waals surface area contributed by atoms with E-state index in [1.54, 1.807) is 0 Å². The van der Waals surface area contributed by atoms with E-state index in [1.165, 1.54) is 0 Å². The molecule has 15 heavy (non-hydrogen) atoms. The first-order valence-corrected chi connectivity index (χ1v) is 1.47. The first-order chi connectivity index (χ1) is 6.00. The molecule has 0 rings (SSSR count). The molecule has 0 fully saturated rings. The van der Waals surface area contributed by atoms with Gasteiger partial charge in [0.2, 0.25) is 0 Å². The second-order valence-corrected chi connectivity index (χ2v) is 0. The summed E-state index contributed by atoms with van der Waals surface area (Å²) in [6.45, 7) is 17.5. The van der Waals surface area contributed by atoms with Crippen LogP contribution in [0.1, 0.15) is 0 Å². The number of nitriles is 5. The molecule has 0 unspecified atom stereocenters. The second-order valence-electron chi connectivity index (χ2n) is 0. The molecule has 0 amide bonds. The van der Waals surface area contributed by atoms with Gasteiger partial charge in [-0.15, -0.1) is 0 Å². The van der Waals surface area contributed by atoms with Crippen molar-refractivity contribution in [2.45, 2.75) is 0 Å². The maximum atomic E-state index is 7.25. The van der Waals surface area contributed by atoms with E-state index in [9.17, 15) is 0 Å². The minimum atomic E-state index is 0. The third-order valence-corrected chi connectivity index (χ3v) is 0. The van der Waals surface area contributed by atoms with Crippen molar-refractivity contribution < 1.29 is 76.2 Å². The molecule has 10 heteroatoms. The van der Waals surface area contributed by atoms with Gasteiger partial charge in [0, 0.05) is 49.9 Å². The first-order valence-electron chi connectivity index (χ1n) is 1.47. The molecule has 0 saturated carbocycles. The van der Waals surface area contributed by atoms with Gasteiger partial charge in [0.05, 0.1) is 0 Å². The normalized spacial score (nSPS) is 0.933. The van der Waals surface area contributed by atoms with Gasteiger partial charge >= 0.3 is 59.1 Å². The Labute approximate surface area is 144 Å². The van der Waals surface area contributed by atoms with E-state index in [-0.39, 0.29) is 76.2 Å². The van der Waals surface area contributed by atoms with E-state index in [0.717, 1.165) is 0 Å². The average molecular weight is 267 g/mol. The maximum absolute atomic E-state index is 7.25. The van der Waals surface area contributed by atoms with Crippen molar-refractivity contribution in [3.05, 3.63) is 10.5 Å². The fourth-order valence-corrected chi connectivity index (χ4v) is 0. The Hall–Kier alpha value is -0.431. The maximum Gasteiger partial charge on any atom is 1.00 e. The number of hydrogen-bond donors (Lipinski definition) is 0. The molecule has 0 aliphatic carbocycles. The molecule has 0 saturated heterocycles. The predicted octanol–water partition coefficient (Wildman–Crippen LogP) is -4.97. The Kier molecular flexibility index (Phi) is 66700. The van der Waals surface area contributed by atoms with Crippen molar-refractivity contribution in [2.24, 2.45) is 0 Å². The molecular formula is C5H5FeN6Na2O+. The molecular weight excluding hydrogens is 262 g/mol. The van der Waals surface area contributed by atoms with Crippen molar-refractivity contribution in [1.82, 2.24) is 0 Å². The van der Waals surface area contributed by atoms with Crippen LogP contribution >= 0.6 is 0 Å². The van der Waals surface area contributed by atoms with Crippen LogP contribution in [0.25, 0.3) is 5.59 Å². The van der Waals surface area contributed by atoms with E-state index in [2.05, 4.69) is 32.9 Å². The van der Waals surface area contributed by atoms with Gasteiger partial charge in [-0.25, -0.2) is 26.3 Å². The Bertz CT molecular complexity index is 98.9. The molecule has 0 aromatic rings. The summed E-state index contributed by atoms with van der Waals surface area (Å²) < 4.78 is 0. The number of hydrogen-bond acceptors (Lipinski definition) is 6. The van der Waals surface area contributed by atoms with E-state index >= 15 is 0 Å². The van der Waals surface area contributed by atoms with Crippen molar-refractivity contribution >= 4 is 0 Å². The van der Waals surface area contributed by atoms with Crippen LogP contribution in [0.2, 0.25) is 0 Å². The van der Waals surface area contributed by atoms with Gasteiger partial charge in [0.1, 0.15) is 0 Å². The zero-order valence-electron chi connectivity index (χ0n) is 8.33. The first kappa shape index (κ1) is 86.5. The Morgan fingerprint density at radius 3 is 0.533 bits per heavy atom.